The van der Waals surface area contributed by atoms with Gasteiger partial charge in [-0.1, -0.05) is 13.8 Å². The summed E-state index contributed by atoms with van der Waals surface area (Å²) in [6.07, 6.45) is 3.71. The zero-order valence-corrected chi connectivity index (χ0v) is 14.2. The van der Waals surface area contributed by atoms with Crippen molar-refractivity contribution in [3.8, 4) is 5.75 Å². The molecule has 2 aromatic heterocycles. The van der Waals surface area contributed by atoms with Gasteiger partial charge in [0, 0.05) is 28.4 Å². The number of nitrogens with one attached hydrogen (secondary N) is 1. The van der Waals surface area contributed by atoms with Crippen molar-refractivity contribution >= 4 is 11.3 Å². The second-order valence-electron chi connectivity index (χ2n) is 5.64. The van der Waals surface area contributed by atoms with E-state index in [9.17, 15) is 0 Å². The first-order valence-corrected chi connectivity index (χ1v) is 8.34. The summed E-state index contributed by atoms with van der Waals surface area (Å²) in [6, 6.07) is 2.25. The van der Waals surface area contributed by atoms with Gasteiger partial charge < -0.3 is 10.1 Å². The number of nitrogens with zero attached hydrogens (tertiary/aromatic N) is 2. The molecule has 0 unspecified atom stereocenters. The number of aromatic nitrogens is 2. The zero-order valence-electron chi connectivity index (χ0n) is 13.3. The van der Waals surface area contributed by atoms with Gasteiger partial charge in [0.2, 0.25) is 0 Å². The van der Waals surface area contributed by atoms with Crippen LogP contribution in [-0.2, 0) is 19.7 Å². The predicted octanol–water partition coefficient (Wildman–Crippen LogP) is 3.60. The largest absolute Gasteiger partial charge is 0.486 e. The highest BCUT2D eigenvalue weighted by Crippen LogP contribution is 2.23. The standard InChI is InChI=1S/C16H25N3OS/c1-5-19-10-15(8-18-19)20-11-14-6-16(21-13(14)4)9-17-7-12(2)3/h6,8,10,12,17H,5,7,9,11H2,1-4H3. The molecule has 4 nitrogen and oxygen atoms in total. The van der Waals surface area contributed by atoms with E-state index in [1.165, 1.54) is 15.3 Å². The summed E-state index contributed by atoms with van der Waals surface area (Å²) in [5.41, 5.74) is 1.27. The molecule has 0 amide bonds. The summed E-state index contributed by atoms with van der Waals surface area (Å²) in [4.78, 5) is 2.70. The number of aryl methyl sites for hydroxylation is 2. The van der Waals surface area contributed by atoms with Crippen LogP contribution in [0.1, 0.15) is 36.1 Å². The molecule has 0 spiro atoms. The minimum atomic E-state index is 0.613. The molecule has 0 saturated carbocycles. The third-order valence-corrected chi connectivity index (χ3v) is 4.34. The van der Waals surface area contributed by atoms with E-state index in [2.05, 4.69) is 44.2 Å². The molecule has 2 heterocycles. The molecule has 0 aromatic carbocycles. The van der Waals surface area contributed by atoms with Gasteiger partial charge in [-0.15, -0.1) is 11.3 Å². The molecule has 1 N–H and O–H groups in total. The SMILES string of the molecule is CCn1cc(OCc2cc(CNCC(C)C)sc2C)cn1. The van der Waals surface area contributed by atoms with E-state index in [1.54, 1.807) is 6.20 Å². The fourth-order valence-electron chi connectivity index (χ4n) is 2.06. The van der Waals surface area contributed by atoms with Crippen LogP contribution < -0.4 is 10.1 Å². The molecule has 0 aliphatic heterocycles. The lowest BCUT2D eigenvalue weighted by atomic mass is 10.2. The number of thiophene rings is 1. The second kappa shape index (κ2) is 7.61. The van der Waals surface area contributed by atoms with Gasteiger partial charge in [-0.25, -0.2) is 0 Å². The van der Waals surface area contributed by atoms with Crippen LogP contribution in [0.15, 0.2) is 18.5 Å². The van der Waals surface area contributed by atoms with Crippen LogP contribution in [-0.4, -0.2) is 16.3 Å². The van der Waals surface area contributed by atoms with Crippen LogP contribution >= 0.6 is 11.3 Å². The van der Waals surface area contributed by atoms with Crippen LogP contribution in [0, 0.1) is 12.8 Å². The van der Waals surface area contributed by atoms with Crippen molar-refractivity contribution in [2.45, 2.75) is 47.4 Å². The van der Waals surface area contributed by atoms with Gasteiger partial charge in [0.05, 0.1) is 12.4 Å². The molecule has 0 aliphatic rings. The Hall–Kier alpha value is -1.33. The lowest BCUT2D eigenvalue weighted by molar-refractivity contribution is 0.305. The van der Waals surface area contributed by atoms with Gasteiger partial charge >= 0.3 is 0 Å². The molecule has 0 fully saturated rings. The van der Waals surface area contributed by atoms with Crippen LogP contribution in [0.5, 0.6) is 5.75 Å². The van der Waals surface area contributed by atoms with Crippen molar-refractivity contribution in [3.63, 3.8) is 0 Å². The monoisotopic (exact) mass is 307 g/mol. The second-order valence-corrected chi connectivity index (χ2v) is 6.98. The van der Waals surface area contributed by atoms with Crippen molar-refractivity contribution in [3.05, 3.63) is 33.8 Å². The molecular formula is C16H25N3OS. The Kier molecular flexibility index (Phi) is 5.82. The van der Waals surface area contributed by atoms with Gasteiger partial charge in [-0.2, -0.15) is 5.10 Å². The van der Waals surface area contributed by atoms with Crippen molar-refractivity contribution in [1.82, 2.24) is 15.1 Å². The molecule has 0 atom stereocenters. The Labute approximate surface area is 131 Å². The Morgan fingerprint density at radius 1 is 1.43 bits per heavy atom. The minimum absolute atomic E-state index is 0.613. The maximum absolute atomic E-state index is 5.81. The topological polar surface area (TPSA) is 39.1 Å². The van der Waals surface area contributed by atoms with Crippen LogP contribution in [0.3, 0.4) is 0 Å². The number of rotatable bonds is 8. The first kappa shape index (κ1) is 16.0. The average molecular weight is 307 g/mol. The summed E-state index contributed by atoms with van der Waals surface area (Å²) in [5.74, 6) is 1.52. The summed E-state index contributed by atoms with van der Waals surface area (Å²) in [5, 5.41) is 7.70. The van der Waals surface area contributed by atoms with Crippen LogP contribution in [0.2, 0.25) is 0 Å². The smallest absolute Gasteiger partial charge is 0.157 e. The van der Waals surface area contributed by atoms with E-state index < -0.39 is 0 Å². The van der Waals surface area contributed by atoms with Gasteiger partial charge in [-0.05, 0) is 32.4 Å². The van der Waals surface area contributed by atoms with Gasteiger partial charge in [0.25, 0.3) is 0 Å². The third-order valence-electron chi connectivity index (χ3n) is 3.25. The van der Waals surface area contributed by atoms with Gasteiger partial charge in [0.15, 0.2) is 5.75 Å². The highest BCUT2D eigenvalue weighted by molar-refractivity contribution is 7.12. The molecule has 0 aliphatic carbocycles. The third kappa shape index (κ3) is 4.86. The minimum Gasteiger partial charge on any atom is -0.486 e. The molecule has 116 valence electrons. The Morgan fingerprint density at radius 2 is 2.24 bits per heavy atom. The van der Waals surface area contributed by atoms with E-state index in [0.717, 1.165) is 25.4 Å². The molecule has 5 heteroatoms. The maximum atomic E-state index is 5.81. The number of ether oxygens (including phenoxy) is 1. The van der Waals surface area contributed by atoms with E-state index in [4.69, 9.17) is 4.74 Å². The van der Waals surface area contributed by atoms with E-state index >= 15 is 0 Å². The molecule has 0 bridgehead atoms. The molecule has 21 heavy (non-hydrogen) atoms. The lowest BCUT2D eigenvalue weighted by Crippen LogP contribution is -2.18. The molecule has 0 radical (unpaired) electrons. The van der Waals surface area contributed by atoms with Gasteiger partial charge in [0.1, 0.15) is 6.61 Å². The van der Waals surface area contributed by atoms with Crippen molar-refractivity contribution in [2.24, 2.45) is 5.92 Å². The molecule has 2 aromatic rings. The van der Waals surface area contributed by atoms with E-state index in [1.807, 2.05) is 22.2 Å². The highest BCUT2D eigenvalue weighted by Gasteiger charge is 2.07. The van der Waals surface area contributed by atoms with Crippen molar-refractivity contribution in [1.29, 1.82) is 0 Å². The highest BCUT2D eigenvalue weighted by atomic mass is 32.1. The predicted molar refractivity (Wildman–Crippen MR) is 87.8 cm³/mol. The van der Waals surface area contributed by atoms with Crippen molar-refractivity contribution in [2.75, 3.05) is 6.54 Å². The van der Waals surface area contributed by atoms with Gasteiger partial charge in [-0.3, -0.25) is 4.68 Å². The fourth-order valence-corrected chi connectivity index (χ4v) is 3.07. The maximum Gasteiger partial charge on any atom is 0.157 e. The first-order valence-electron chi connectivity index (χ1n) is 7.52. The Bertz CT molecular complexity index is 560. The molecule has 2 rings (SSSR count). The van der Waals surface area contributed by atoms with E-state index in [-0.39, 0.29) is 0 Å². The Balaban J connectivity index is 1.86. The first-order chi connectivity index (χ1) is 10.1. The quantitative estimate of drug-likeness (QED) is 0.810. The zero-order chi connectivity index (χ0) is 15.2. The average Bonchev–Trinajstić information content (AvgIpc) is 3.03. The lowest BCUT2D eigenvalue weighted by Gasteiger charge is -2.05. The summed E-state index contributed by atoms with van der Waals surface area (Å²) < 4.78 is 7.69. The van der Waals surface area contributed by atoms with Crippen LogP contribution in [0.25, 0.3) is 0 Å². The normalized spacial score (nSPS) is 11.3. The molecule has 0 saturated heterocycles. The Morgan fingerprint density at radius 3 is 2.90 bits per heavy atom. The van der Waals surface area contributed by atoms with Crippen molar-refractivity contribution < 1.29 is 4.74 Å². The fraction of sp³-hybridized carbons (Fsp3) is 0.562. The van der Waals surface area contributed by atoms with E-state index in [0.29, 0.717) is 12.5 Å². The molecular weight excluding hydrogens is 282 g/mol. The summed E-state index contributed by atoms with van der Waals surface area (Å²) >= 11 is 1.85. The van der Waals surface area contributed by atoms with Crippen LogP contribution in [0.4, 0.5) is 0 Å². The number of hydrogen-bond acceptors (Lipinski definition) is 4. The summed E-state index contributed by atoms with van der Waals surface area (Å²) in [7, 11) is 0. The summed E-state index contributed by atoms with van der Waals surface area (Å²) in [6.45, 7) is 12.1. The number of hydrogen-bond donors (Lipinski definition) is 1.